The molecule has 29 heavy (non-hydrogen) atoms. The molecule has 4 rings (SSSR count). The number of aromatic nitrogens is 4. The van der Waals surface area contributed by atoms with Crippen LogP contribution in [0.15, 0.2) is 41.6 Å². The van der Waals surface area contributed by atoms with Gasteiger partial charge >= 0.3 is 0 Å². The van der Waals surface area contributed by atoms with Gasteiger partial charge in [-0.25, -0.2) is 4.98 Å². The fourth-order valence-corrected chi connectivity index (χ4v) is 4.91. The van der Waals surface area contributed by atoms with Gasteiger partial charge in [-0.15, -0.1) is 5.10 Å². The van der Waals surface area contributed by atoms with Crippen molar-refractivity contribution >= 4 is 17.5 Å². The Balaban J connectivity index is 1.37. The third kappa shape index (κ3) is 4.64. The number of benzene rings is 1. The second kappa shape index (κ2) is 8.99. The summed E-state index contributed by atoms with van der Waals surface area (Å²) in [6.45, 7) is 5.00. The van der Waals surface area contributed by atoms with Crippen molar-refractivity contribution in [2.24, 2.45) is 0 Å². The average molecular weight is 409 g/mol. The fourth-order valence-electron chi connectivity index (χ4n) is 4.23. The van der Waals surface area contributed by atoms with Gasteiger partial charge in [0.05, 0.1) is 5.75 Å². The van der Waals surface area contributed by atoms with E-state index in [0.717, 1.165) is 35.7 Å². The zero-order valence-electron chi connectivity index (χ0n) is 17.1. The summed E-state index contributed by atoms with van der Waals surface area (Å²) in [5, 5.41) is 8.05. The van der Waals surface area contributed by atoms with Crippen molar-refractivity contribution in [2.75, 3.05) is 5.75 Å². The van der Waals surface area contributed by atoms with E-state index in [1.807, 2.05) is 19.1 Å². The van der Waals surface area contributed by atoms with Crippen molar-refractivity contribution in [3.63, 3.8) is 0 Å². The highest BCUT2D eigenvalue weighted by atomic mass is 32.2. The highest BCUT2D eigenvalue weighted by Gasteiger charge is 2.21. The number of carbonyl (C=O) groups is 1. The van der Waals surface area contributed by atoms with E-state index in [9.17, 15) is 4.79 Å². The van der Waals surface area contributed by atoms with E-state index < -0.39 is 0 Å². The minimum absolute atomic E-state index is 0.140. The predicted molar refractivity (Wildman–Crippen MR) is 117 cm³/mol. The second-order valence-electron chi connectivity index (χ2n) is 7.87. The summed E-state index contributed by atoms with van der Waals surface area (Å²) in [6.07, 6.45) is 5.87. The van der Waals surface area contributed by atoms with Crippen LogP contribution >= 0.6 is 11.8 Å². The van der Waals surface area contributed by atoms with Crippen molar-refractivity contribution in [3.05, 3.63) is 64.7 Å². The Morgan fingerprint density at radius 3 is 2.72 bits per heavy atom. The van der Waals surface area contributed by atoms with Crippen LogP contribution in [0.2, 0.25) is 0 Å². The number of aromatic amines is 1. The van der Waals surface area contributed by atoms with Crippen LogP contribution in [-0.2, 0) is 13.0 Å². The Hall–Kier alpha value is -2.34. The molecule has 0 spiro atoms. The number of hydrogen-bond donors (Lipinski definition) is 1. The van der Waals surface area contributed by atoms with E-state index >= 15 is 0 Å². The molecular weight excluding hydrogens is 380 g/mol. The van der Waals surface area contributed by atoms with E-state index in [-0.39, 0.29) is 5.78 Å². The molecule has 0 radical (unpaired) electrons. The quantitative estimate of drug-likeness (QED) is 0.416. The largest absolute Gasteiger partial charge is 0.348 e. The Labute approximate surface area is 176 Å². The zero-order valence-corrected chi connectivity index (χ0v) is 18.0. The van der Waals surface area contributed by atoms with Gasteiger partial charge in [-0.1, -0.05) is 54.9 Å². The van der Waals surface area contributed by atoms with Crippen LogP contribution in [0.25, 0.3) is 0 Å². The number of rotatable bonds is 8. The maximum Gasteiger partial charge on any atom is 0.208 e. The SMILES string of the molecule is Cc1cc(C(=O)CSc2n[nH]c(C3CCCC3)n2)c(C)n1CCc1ccccc1. The van der Waals surface area contributed by atoms with Gasteiger partial charge in [0.1, 0.15) is 5.82 Å². The summed E-state index contributed by atoms with van der Waals surface area (Å²) >= 11 is 1.42. The van der Waals surface area contributed by atoms with Gasteiger partial charge in [-0.3, -0.25) is 9.89 Å². The molecule has 5 nitrogen and oxygen atoms in total. The number of nitrogens with one attached hydrogen (secondary N) is 1. The summed E-state index contributed by atoms with van der Waals surface area (Å²) in [7, 11) is 0. The van der Waals surface area contributed by atoms with Crippen molar-refractivity contribution in [3.8, 4) is 0 Å². The lowest BCUT2D eigenvalue weighted by atomic mass is 10.1. The second-order valence-corrected chi connectivity index (χ2v) is 8.81. The number of aryl methyl sites for hydroxylation is 2. The van der Waals surface area contributed by atoms with Gasteiger partial charge in [-0.2, -0.15) is 0 Å². The molecule has 1 aliphatic carbocycles. The van der Waals surface area contributed by atoms with Crippen LogP contribution in [0.3, 0.4) is 0 Å². The third-order valence-electron chi connectivity index (χ3n) is 5.90. The van der Waals surface area contributed by atoms with Crippen LogP contribution in [0.1, 0.15) is 64.7 Å². The summed E-state index contributed by atoms with van der Waals surface area (Å²) in [5.41, 5.74) is 4.31. The number of H-pyrrole nitrogens is 1. The number of carbonyl (C=O) groups excluding carboxylic acids is 1. The molecule has 1 N–H and O–H groups in total. The number of nitrogens with zero attached hydrogens (tertiary/aromatic N) is 3. The van der Waals surface area contributed by atoms with Gasteiger partial charge < -0.3 is 4.57 Å². The first-order chi connectivity index (χ1) is 14.1. The smallest absolute Gasteiger partial charge is 0.208 e. The third-order valence-corrected chi connectivity index (χ3v) is 6.74. The summed E-state index contributed by atoms with van der Waals surface area (Å²) < 4.78 is 2.25. The van der Waals surface area contributed by atoms with Gasteiger partial charge in [0.2, 0.25) is 5.16 Å². The molecule has 0 aliphatic heterocycles. The van der Waals surface area contributed by atoms with E-state index in [2.05, 4.69) is 50.9 Å². The van der Waals surface area contributed by atoms with Gasteiger partial charge in [-0.05, 0) is 44.7 Å². The predicted octanol–water partition coefficient (Wildman–Crippen LogP) is 5.10. The molecule has 152 valence electrons. The molecule has 0 amide bonds. The maximum absolute atomic E-state index is 12.8. The first-order valence-corrected chi connectivity index (χ1v) is 11.4. The maximum atomic E-state index is 12.8. The van der Waals surface area contributed by atoms with E-state index in [1.165, 1.54) is 43.0 Å². The monoisotopic (exact) mass is 408 g/mol. The average Bonchev–Trinajstić information content (AvgIpc) is 3.47. The molecule has 0 saturated heterocycles. The lowest BCUT2D eigenvalue weighted by Gasteiger charge is -2.10. The Morgan fingerprint density at radius 2 is 1.97 bits per heavy atom. The summed E-state index contributed by atoms with van der Waals surface area (Å²) in [4.78, 5) is 17.4. The molecule has 6 heteroatoms. The standard InChI is InChI=1S/C23H28N4OS/c1-16-14-20(17(2)27(16)13-12-18-8-4-3-5-9-18)21(28)15-29-23-24-22(25-26-23)19-10-6-7-11-19/h3-5,8-9,14,19H,6-7,10-13,15H2,1-2H3,(H,24,25,26). The van der Waals surface area contributed by atoms with Gasteiger partial charge in [0, 0.05) is 29.4 Å². The molecule has 2 aromatic heterocycles. The van der Waals surface area contributed by atoms with Gasteiger partial charge in [0.15, 0.2) is 5.78 Å². The molecular formula is C23H28N4OS. The van der Waals surface area contributed by atoms with Crippen LogP contribution < -0.4 is 0 Å². The van der Waals surface area contributed by atoms with E-state index in [1.54, 1.807) is 0 Å². The highest BCUT2D eigenvalue weighted by molar-refractivity contribution is 7.99. The summed E-state index contributed by atoms with van der Waals surface area (Å²) in [6, 6.07) is 12.5. The molecule has 0 bridgehead atoms. The van der Waals surface area contributed by atoms with Crippen LogP contribution in [0.5, 0.6) is 0 Å². The minimum Gasteiger partial charge on any atom is -0.348 e. The van der Waals surface area contributed by atoms with Crippen LogP contribution in [-0.4, -0.2) is 31.3 Å². The lowest BCUT2D eigenvalue weighted by molar-refractivity contribution is 0.102. The molecule has 1 aliphatic rings. The van der Waals surface area contributed by atoms with E-state index in [4.69, 9.17) is 0 Å². The molecule has 3 aromatic rings. The summed E-state index contributed by atoms with van der Waals surface area (Å²) in [5.74, 6) is 2.00. The van der Waals surface area contributed by atoms with E-state index in [0.29, 0.717) is 16.8 Å². The van der Waals surface area contributed by atoms with Crippen molar-refractivity contribution in [1.82, 2.24) is 19.7 Å². The number of ketones is 1. The first-order valence-electron chi connectivity index (χ1n) is 10.4. The Morgan fingerprint density at radius 1 is 1.21 bits per heavy atom. The lowest BCUT2D eigenvalue weighted by Crippen LogP contribution is -2.08. The van der Waals surface area contributed by atoms with Crippen molar-refractivity contribution in [2.45, 2.75) is 63.6 Å². The fraction of sp³-hybridized carbons (Fsp3) is 0.435. The van der Waals surface area contributed by atoms with Gasteiger partial charge in [0.25, 0.3) is 0 Å². The van der Waals surface area contributed by atoms with Crippen LogP contribution in [0, 0.1) is 13.8 Å². The molecule has 0 atom stereocenters. The van der Waals surface area contributed by atoms with Crippen molar-refractivity contribution in [1.29, 1.82) is 0 Å². The number of thioether (sulfide) groups is 1. The number of Topliss-reactive ketones (excluding diaryl/α,β-unsaturated/α-hetero) is 1. The minimum atomic E-state index is 0.140. The number of hydrogen-bond acceptors (Lipinski definition) is 4. The molecule has 1 fully saturated rings. The molecule has 1 aromatic carbocycles. The normalized spacial score (nSPS) is 14.6. The Bertz CT molecular complexity index is 970. The molecule has 2 heterocycles. The topological polar surface area (TPSA) is 63.6 Å². The molecule has 0 unspecified atom stereocenters. The van der Waals surface area contributed by atoms with Crippen LogP contribution in [0.4, 0.5) is 0 Å². The highest BCUT2D eigenvalue weighted by Crippen LogP contribution is 2.32. The Kier molecular flexibility index (Phi) is 6.19. The first kappa shape index (κ1) is 20.0. The molecule has 1 saturated carbocycles. The van der Waals surface area contributed by atoms with Crippen molar-refractivity contribution < 1.29 is 4.79 Å². The zero-order chi connectivity index (χ0) is 20.2.